The number of ketones is 1. The van der Waals surface area contributed by atoms with Crippen molar-refractivity contribution in [1.82, 2.24) is 4.98 Å². The van der Waals surface area contributed by atoms with Gasteiger partial charge in [-0.3, -0.25) is 4.79 Å². The number of hydrogen-bond acceptors (Lipinski definition) is 6. The Bertz CT molecular complexity index is 458. The number of anilines is 1. The average Bonchev–Trinajstić information content (AvgIpc) is 2.98. The van der Waals surface area contributed by atoms with E-state index in [0.717, 1.165) is 18.1 Å². The van der Waals surface area contributed by atoms with Crippen LogP contribution in [0.25, 0.3) is 0 Å². The van der Waals surface area contributed by atoms with Crippen molar-refractivity contribution in [1.29, 1.82) is 0 Å². The lowest BCUT2D eigenvalue weighted by Gasteiger charge is -2.13. The number of aromatic nitrogens is 1. The van der Waals surface area contributed by atoms with Crippen LogP contribution in [0.5, 0.6) is 0 Å². The van der Waals surface area contributed by atoms with Crippen LogP contribution < -0.4 is 4.90 Å². The molecule has 1 unspecified atom stereocenters. The second-order valence-electron chi connectivity index (χ2n) is 4.28. The number of Topliss-reactive ketones (excluding diaryl/α,β-unsaturated/α-hetero) is 1. The fraction of sp³-hybridized carbons (Fsp3) is 0.583. The molecule has 1 fully saturated rings. The van der Waals surface area contributed by atoms with Crippen molar-refractivity contribution >= 4 is 28.2 Å². The number of nitrogens with zero attached hydrogens (tertiary/aromatic N) is 2. The van der Waals surface area contributed by atoms with Crippen molar-refractivity contribution in [3.05, 3.63) is 11.1 Å². The Hall–Kier alpha value is -1.43. The van der Waals surface area contributed by atoms with Gasteiger partial charge in [0.15, 0.2) is 10.8 Å². The summed E-state index contributed by atoms with van der Waals surface area (Å²) in [4.78, 5) is 29.1. The van der Waals surface area contributed by atoms with E-state index in [2.05, 4.69) is 9.88 Å². The van der Waals surface area contributed by atoms with Crippen LogP contribution in [0.2, 0.25) is 0 Å². The van der Waals surface area contributed by atoms with Gasteiger partial charge >= 0.3 is 5.97 Å². The van der Waals surface area contributed by atoms with E-state index in [1.54, 1.807) is 19.2 Å². The molecule has 18 heavy (non-hydrogen) atoms. The molecule has 1 saturated heterocycles. The standard InChI is InChI=1S/C12H16N2O3S/c1-3-17-11(16)10-7-18-12(13-10)14-5-4-9(6-14)8(2)15/h7,9H,3-6H2,1-2H3. The first-order valence-electron chi connectivity index (χ1n) is 6.00. The van der Waals surface area contributed by atoms with E-state index in [1.165, 1.54) is 11.3 Å². The van der Waals surface area contributed by atoms with Gasteiger partial charge in [-0.25, -0.2) is 9.78 Å². The highest BCUT2D eigenvalue weighted by atomic mass is 32.1. The average molecular weight is 268 g/mol. The lowest BCUT2D eigenvalue weighted by Crippen LogP contribution is -2.21. The number of carbonyl (C=O) groups is 2. The molecule has 0 radical (unpaired) electrons. The minimum Gasteiger partial charge on any atom is -0.461 e. The minimum absolute atomic E-state index is 0.0972. The predicted octanol–water partition coefficient (Wildman–Crippen LogP) is 1.74. The summed E-state index contributed by atoms with van der Waals surface area (Å²) >= 11 is 1.42. The van der Waals surface area contributed by atoms with Gasteiger partial charge in [0.2, 0.25) is 0 Å². The summed E-state index contributed by atoms with van der Waals surface area (Å²) in [6.45, 7) is 5.26. The van der Waals surface area contributed by atoms with Gasteiger partial charge in [-0.1, -0.05) is 0 Å². The summed E-state index contributed by atoms with van der Waals surface area (Å²) < 4.78 is 4.90. The highest BCUT2D eigenvalue weighted by molar-refractivity contribution is 7.13. The van der Waals surface area contributed by atoms with Crippen molar-refractivity contribution in [2.75, 3.05) is 24.6 Å². The molecule has 1 aliphatic heterocycles. The number of carbonyl (C=O) groups excluding carboxylic acids is 2. The van der Waals surface area contributed by atoms with E-state index in [-0.39, 0.29) is 17.7 Å². The Morgan fingerprint density at radius 2 is 2.39 bits per heavy atom. The largest absolute Gasteiger partial charge is 0.461 e. The first kappa shape index (κ1) is 13.0. The highest BCUT2D eigenvalue weighted by Crippen LogP contribution is 2.27. The molecule has 1 aromatic rings. The third-order valence-corrected chi connectivity index (χ3v) is 3.91. The van der Waals surface area contributed by atoms with Gasteiger partial charge in [-0.15, -0.1) is 11.3 Å². The fourth-order valence-electron chi connectivity index (χ4n) is 1.97. The number of rotatable bonds is 4. The molecule has 1 atom stereocenters. The van der Waals surface area contributed by atoms with Gasteiger partial charge in [0.25, 0.3) is 0 Å². The van der Waals surface area contributed by atoms with Crippen LogP contribution in [-0.2, 0) is 9.53 Å². The number of hydrogen-bond donors (Lipinski definition) is 0. The minimum atomic E-state index is -0.387. The zero-order valence-electron chi connectivity index (χ0n) is 10.5. The molecule has 98 valence electrons. The smallest absolute Gasteiger partial charge is 0.357 e. The zero-order chi connectivity index (χ0) is 13.1. The van der Waals surface area contributed by atoms with Crippen LogP contribution in [0.1, 0.15) is 30.8 Å². The highest BCUT2D eigenvalue weighted by Gasteiger charge is 2.28. The maximum Gasteiger partial charge on any atom is 0.357 e. The van der Waals surface area contributed by atoms with Gasteiger partial charge in [-0.05, 0) is 20.3 Å². The fourth-order valence-corrected chi connectivity index (χ4v) is 2.81. The number of ether oxygens (including phenoxy) is 1. The van der Waals surface area contributed by atoms with E-state index < -0.39 is 0 Å². The Morgan fingerprint density at radius 3 is 3.00 bits per heavy atom. The molecule has 1 aromatic heterocycles. The zero-order valence-corrected chi connectivity index (χ0v) is 11.3. The summed E-state index contributed by atoms with van der Waals surface area (Å²) in [6.07, 6.45) is 0.865. The van der Waals surface area contributed by atoms with Gasteiger partial charge in [0, 0.05) is 24.4 Å². The Labute approximate surface area is 110 Å². The van der Waals surface area contributed by atoms with Crippen LogP contribution >= 0.6 is 11.3 Å². The van der Waals surface area contributed by atoms with Gasteiger partial charge in [0.1, 0.15) is 5.78 Å². The molecule has 1 aliphatic rings. The van der Waals surface area contributed by atoms with E-state index in [4.69, 9.17) is 4.74 Å². The molecule has 0 amide bonds. The quantitative estimate of drug-likeness (QED) is 0.778. The summed E-state index contributed by atoms with van der Waals surface area (Å²) in [5.41, 5.74) is 0.350. The third kappa shape index (κ3) is 2.69. The predicted molar refractivity (Wildman–Crippen MR) is 69.1 cm³/mol. The first-order chi connectivity index (χ1) is 8.61. The van der Waals surface area contributed by atoms with Crippen LogP contribution in [0.3, 0.4) is 0 Å². The molecule has 0 aromatic carbocycles. The molecule has 0 bridgehead atoms. The van der Waals surface area contributed by atoms with Crippen LogP contribution in [0.4, 0.5) is 5.13 Å². The summed E-state index contributed by atoms with van der Waals surface area (Å²) in [5, 5.41) is 2.50. The maximum absolute atomic E-state index is 11.5. The molecule has 6 heteroatoms. The van der Waals surface area contributed by atoms with Gasteiger partial charge < -0.3 is 9.64 Å². The van der Waals surface area contributed by atoms with Crippen LogP contribution in [-0.4, -0.2) is 36.4 Å². The molecule has 0 aliphatic carbocycles. The SMILES string of the molecule is CCOC(=O)c1csc(N2CCC(C(C)=O)C2)n1. The Balaban J connectivity index is 2.03. The monoisotopic (exact) mass is 268 g/mol. The van der Waals surface area contributed by atoms with Crippen molar-refractivity contribution < 1.29 is 14.3 Å². The number of esters is 1. The van der Waals surface area contributed by atoms with Crippen molar-refractivity contribution in [3.8, 4) is 0 Å². The Morgan fingerprint density at radius 1 is 1.61 bits per heavy atom. The van der Waals surface area contributed by atoms with Gasteiger partial charge in [-0.2, -0.15) is 0 Å². The van der Waals surface area contributed by atoms with Crippen molar-refractivity contribution in [3.63, 3.8) is 0 Å². The van der Waals surface area contributed by atoms with Crippen LogP contribution in [0.15, 0.2) is 5.38 Å². The second-order valence-corrected chi connectivity index (χ2v) is 5.11. The first-order valence-corrected chi connectivity index (χ1v) is 6.87. The van der Waals surface area contributed by atoms with E-state index >= 15 is 0 Å². The lowest BCUT2D eigenvalue weighted by molar-refractivity contribution is -0.120. The molecule has 0 saturated carbocycles. The van der Waals surface area contributed by atoms with E-state index in [0.29, 0.717) is 18.8 Å². The maximum atomic E-state index is 11.5. The molecule has 0 N–H and O–H groups in total. The Kier molecular flexibility index (Phi) is 3.96. The van der Waals surface area contributed by atoms with Crippen LogP contribution in [0, 0.1) is 5.92 Å². The molecular formula is C12H16N2O3S. The molecule has 5 nitrogen and oxygen atoms in total. The van der Waals surface area contributed by atoms with E-state index in [1.807, 2.05) is 0 Å². The third-order valence-electron chi connectivity index (χ3n) is 3.01. The normalized spacial score (nSPS) is 19.0. The van der Waals surface area contributed by atoms with Crippen molar-refractivity contribution in [2.24, 2.45) is 5.92 Å². The van der Waals surface area contributed by atoms with Gasteiger partial charge in [0.05, 0.1) is 6.61 Å². The summed E-state index contributed by atoms with van der Waals surface area (Å²) in [6, 6.07) is 0. The molecule has 2 rings (SSSR count). The summed E-state index contributed by atoms with van der Waals surface area (Å²) in [5.74, 6) is -0.0677. The summed E-state index contributed by atoms with van der Waals surface area (Å²) in [7, 11) is 0. The topological polar surface area (TPSA) is 59.5 Å². The lowest BCUT2D eigenvalue weighted by atomic mass is 10.1. The second kappa shape index (κ2) is 5.48. The van der Waals surface area contributed by atoms with E-state index in [9.17, 15) is 9.59 Å². The number of thiazole rings is 1. The molecule has 2 heterocycles. The molecule has 0 spiro atoms. The van der Waals surface area contributed by atoms with Crippen molar-refractivity contribution in [2.45, 2.75) is 20.3 Å². The molecular weight excluding hydrogens is 252 g/mol.